The normalized spacial score (nSPS) is 11.3. The first kappa shape index (κ1) is 21.3. The molecule has 0 fully saturated rings. The van der Waals surface area contributed by atoms with Crippen molar-refractivity contribution in [3.8, 4) is 5.75 Å². The summed E-state index contributed by atoms with van der Waals surface area (Å²) in [6, 6.07) is 9.37. The summed E-state index contributed by atoms with van der Waals surface area (Å²) in [5, 5.41) is 0.566. The Bertz CT molecular complexity index is 898. The van der Waals surface area contributed by atoms with Crippen LogP contribution < -0.4 is 15.6 Å². The number of hydrazine groups is 1. The fourth-order valence-corrected chi connectivity index (χ4v) is 2.17. The van der Waals surface area contributed by atoms with E-state index in [1.165, 1.54) is 18.2 Å². The zero-order chi connectivity index (χ0) is 20.7. The van der Waals surface area contributed by atoms with Gasteiger partial charge in [-0.25, -0.2) is 0 Å². The van der Waals surface area contributed by atoms with Crippen molar-refractivity contribution in [3.05, 3.63) is 70.3 Å². The summed E-state index contributed by atoms with van der Waals surface area (Å²) in [6.45, 7) is 1.44. The minimum absolute atomic E-state index is 0.192. The molecule has 0 saturated carbocycles. The number of hydrogen-bond acceptors (Lipinski definition) is 3. The van der Waals surface area contributed by atoms with Crippen LogP contribution in [0.3, 0.4) is 0 Å². The molecule has 2 N–H and O–H groups in total. The van der Waals surface area contributed by atoms with Gasteiger partial charge in [0.15, 0.2) is 6.61 Å². The van der Waals surface area contributed by atoms with E-state index in [9.17, 15) is 22.8 Å². The Kier molecular flexibility index (Phi) is 7.06. The highest BCUT2D eigenvalue weighted by atomic mass is 35.5. The Labute approximate surface area is 164 Å². The quantitative estimate of drug-likeness (QED) is 0.578. The maximum Gasteiger partial charge on any atom is 0.416 e. The van der Waals surface area contributed by atoms with Crippen LogP contribution in [-0.2, 0) is 15.8 Å². The topological polar surface area (TPSA) is 67.4 Å². The molecular weight excluding hydrogens is 397 g/mol. The molecule has 0 radical (unpaired) electrons. The number of hydrogen-bond donors (Lipinski definition) is 2. The average Bonchev–Trinajstić information content (AvgIpc) is 2.65. The van der Waals surface area contributed by atoms with E-state index in [-0.39, 0.29) is 12.2 Å². The van der Waals surface area contributed by atoms with Gasteiger partial charge in [0.2, 0.25) is 0 Å². The molecule has 2 rings (SSSR count). The molecule has 0 aliphatic carbocycles. The highest BCUT2D eigenvalue weighted by molar-refractivity contribution is 6.31. The lowest BCUT2D eigenvalue weighted by atomic mass is 10.1. The van der Waals surface area contributed by atoms with Crippen LogP contribution in [0.25, 0.3) is 6.08 Å². The van der Waals surface area contributed by atoms with Crippen LogP contribution in [0.4, 0.5) is 13.2 Å². The lowest BCUT2D eigenvalue weighted by Crippen LogP contribution is -2.43. The van der Waals surface area contributed by atoms with Gasteiger partial charge in [-0.05, 0) is 54.5 Å². The zero-order valence-corrected chi connectivity index (χ0v) is 15.4. The fraction of sp³-hybridized carbons (Fsp3) is 0.158. The predicted octanol–water partition coefficient (Wildman–Crippen LogP) is 3.91. The van der Waals surface area contributed by atoms with Crippen LogP contribution in [-0.4, -0.2) is 18.4 Å². The number of rotatable bonds is 5. The zero-order valence-electron chi connectivity index (χ0n) is 14.6. The number of halogens is 4. The van der Waals surface area contributed by atoms with Gasteiger partial charge >= 0.3 is 6.18 Å². The summed E-state index contributed by atoms with van der Waals surface area (Å²) in [7, 11) is 0. The monoisotopic (exact) mass is 412 g/mol. The predicted molar refractivity (Wildman–Crippen MR) is 98.4 cm³/mol. The Morgan fingerprint density at radius 2 is 1.89 bits per heavy atom. The van der Waals surface area contributed by atoms with Crippen LogP contribution in [0.5, 0.6) is 5.75 Å². The molecule has 148 valence electrons. The maximum absolute atomic E-state index is 12.6. The molecule has 0 aliphatic rings. The summed E-state index contributed by atoms with van der Waals surface area (Å²) in [5.41, 5.74) is 4.39. The van der Waals surface area contributed by atoms with Crippen molar-refractivity contribution in [2.45, 2.75) is 13.1 Å². The van der Waals surface area contributed by atoms with Gasteiger partial charge < -0.3 is 4.74 Å². The number of carbonyl (C=O) groups excluding carboxylic acids is 2. The highest BCUT2D eigenvalue weighted by Crippen LogP contribution is 2.29. The van der Waals surface area contributed by atoms with Gasteiger partial charge in [0.25, 0.3) is 11.8 Å². The van der Waals surface area contributed by atoms with E-state index < -0.39 is 23.6 Å². The van der Waals surface area contributed by atoms with Crippen molar-refractivity contribution in [3.63, 3.8) is 0 Å². The van der Waals surface area contributed by atoms with E-state index in [2.05, 4.69) is 10.9 Å². The highest BCUT2D eigenvalue weighted by Gasteiger charge is 2.30. The standard InChI is InChI=1S/C19H16ClF3N2O3/c1-12-9-15(6-7-16(12)20)28-11-18(27)25-24-17(26)8-5-13-3-2-4-14(10-13)19(21,22)23/h2-10H,11H2,1H3,(H,24,26)(H,25,27)/b8-5+. The molecule has 5 nitrogen and oxygen atoms in total. The second-order valence-electron chi connectivity index (χ2n) is 5.69. The molecule has 2 aromatic rings. The number of benzene rings is 2. The second kappa shape index (κ2) is 9.27. The molecule has 9 heteroatoms. The van der Waals surface area contributed by atoms with Gasteiger partial charge in [-0.15, -0.1) is 0 Å². The van der Waals surface area contributed by atoms with Crippen molar-refractivity contribution in [2.75, 3.05) is 6.61 Å². The van der Waals surface area contributed by atoms with Crippen molar-refractivity contribution >= 4 is 29.5 Å². The summed E-state index contributed by atoms with van der Waals surface area (Å²) >= 11 is 5.89. The van der Waals surface area contributed by atoms with Gasteiger partial charge in [-0.1, -0.05) is 23.7 Å². The lowest BCUT2D eigenvalue weighted by molar-refractivity contribution is -0.137. The summed E-state index contributed by atoms with van der Waals surface area (Å²) in [5.74, 6) is -0.894. The van der Waals surface area contributed by atoms with Crippen molar-refractivity contribution in [1.82, 2.24) is 10.9 Å². The molecule has 0 saturated heterocycles. The number of ether oxygens (including phenoxy) is 1. The molecule has 0 aliphatic heterocycles. The van der Waals surface area contributed by atoms with E-state index in [0.717, 1.165) is 23.8 Å². The number of aryl methyl sites for hydroxylation is 1. The lowest BCUT2D eigenvalue weighted by Gasteiger charge is -2.09. The van der Waals surface area contributed by atoms with Gasteiger partial charge in [0.1, 0.15) is 5.75 Å². The van der Waals surface area contributed by atoms with Crippen LogP contribution in [0, 0.1) is 6.92 Å². The molecular formula is C19H16ClF3N2O3. The average molecular weight is 413 g/mol. The molecule has 2 amide bonds. The Hall–Kier alpha value is -3.00. The minimum atomic E-state index is -4.47. The van der Waals surface area contributed by atoms with Crippen molar-refractivity contribution < 1.29 is 27.5 Å². The maximum atomic E-state index is 12.6. The van der Waals surface area contributed by atoms with Crippen LogP contribution in [0.15, 0.2) is 48.5 Å². The summed E-state index contributed by atoms with van der Waals surface area (Å²) in [6.07, 6.45) is -2.27. The van der Waals surface area contributed by atoms with E-state index >= 15 is 0 Å². The first-order valence-corrected chi connectivity index (χ1v) is 8.36. The van der Waals surface area contributed by atoms with E-state index in [0.29, 0.717) is 10.8 Å². The molecule has 0 bridgehead atoms. The molecule has 0 unspecified atom stereocenters. The number of alkyl halides is 3. The SMILES string of the molecule is Cc1cc(OCC(=O)NNC(=O)/C=C/c2cccc(C(F)(F)F)c2)ccc1Cl. The molecule has 0 spiro atoms. The Morgan fingerprint density at radius 3 is 2.57 bits per heavy atom. The van der Waals surface area contributed by atoms with Crippen LogP contribution >= 0.6 is 11.6 Å². The summed E-state index contributed by atoms with van der Waals surface area (Å²) < 4.78 is 43.2. The molecule has 2 aromatic carbocycles. The van der Waals surface area contributed by atoms with Crippen LogP contribution in [0.1, 0.15) is 16.7 Å². The third kappa shape index (κ3) is 6.62. The number of amides is 2. The van der Waals surface area contributed by atoms with Gasteiger partial charge in [-0.3, -0.25) is 20.4 Å². The van der Waals surface area contributed by atoms with E-state index in [4.69, 9.17) is 16.3 Å². The van der Waals surface area contributed by atoms with Crippen molar-refractivity contribution in [1.29, 1.82) is 0 Å². The van der Waals surface area contributed by atoms with Gasteiger partial charge in [-0.2, -0.15) is 13.2 Å². The number of carbonyl (C=O) groups is 2. The van der Waals surface area contributed by atoms with Crippen molar-refractivity contribution in [2.24, 2.45) is 0 Å². The molecule has 28 heavy (non-hydrogen) atoms. The molecule has 0 aromatic heterocycles. The van der Waals surface area contributed by atoms with Gasteiger partial charge in [0, 0.05) is 11.1 Å². The first-order chi connectivity index (χ1) is 13.1. The largest absolute Gasteiger partial charge is 0.484 e. The Balaban J connectivity index is 1.80. The minimum Gasteiger partial charge on any atom is -0.484 e. The fourth-order valence-electron chi connectivity index (χ4n) is 2.06. The smallest absolute Gasteiger partial charge is 0.416 e. The van der Waals surface area contributed by atoms with E-state index in [1.54, 1.807) is 25.1 Å². The van der Waals surface area contributed by atoms with Crippen LogP contribution in [0.2, 0.25) is 5.02 Å². The number of nitrogens with one attached hydrogen (secondary N) is 2. The molecule has 0 atom stereocenters. The summed E-state index contributed by atoms with van der Waals surface area (Å²) in [4.78, 5) is 23.3. The molecule has 0 heterocycles. The first-order valence-electron chi connectivity index (χ1n) is 7.98. The second-order valence-corrected chi connectivity index (χ2v) is 6.10. The third-order valence-electron chi connectivity index (χ3n) is 3.47. The Morgan fingerprint density at radius 1 is 1.14 bits per heavy atom. The van der Waals surface area contributed by atoms with Gasteiger partial charge in [0.05, 0.1) is 5.56 Å². The van der Waals surface area contributed by atoms with E-state index in [1.807, 2.05) is 0 Å². The third-order valence-corrected chi connectivity index (χ3v) is 3.89.